The van der Waals surface area contributed by atoms with Crippen LogP contribution in [0.3, 0.4) is 0 Å². The van der Waals surface area contributed by atoms with Crippen molar-refractivity contribution in [2.75, 3.05) is 25.5 Å². The number of carbonyl (C=O) groups is 1. The lowest BCUT2D eigenvalue weighted by Crippen LogP contribution is -2.42. The molecule has 1 aromatic rings. The molecule has 1 fully saturated rings. The molecule has 1 N–H and O–H groups in total. The average Bonchev–Trinajstić information content (AvgIpc) is 2.48. The Hall–Kier alpha value is -1.10. The first-order valence-electron chi connectivity index (χ1n) is 4.24. The smallest absolute Gasteiger partial charge is 0.273 e. The summed E-state index contributed by atoms with van der Waals surface area (Å²) in [5.41, 5.74) is 0.564. The molecule has 0 atom stereocenters. The highest BCUT2D eigenvalue weighted by molar-refractivity contribution is 7.13. The zero-order chi connectivity index (χ0) is 9.26. The number of rotatable bonds is 2. The first-order valence-corrected chi connectivity index (χ1v) is 5.12. The fraction of sp³-hybridized carbons (Fsp3) is 0.500. The van der Waals surface area contributed by atoms with Crippen molar-refractivity contribution in [3.05, 3.63) is 11.1 Å². The van der Waals surface area contributed by atoms with E-state index in [9.17, 15) is 4.79 Å². The Kier molecular flexibility index (Phi) is 2.18. The average molecular weight is 197 g/mol. The third kappa shape index (κ3) is 1.51. The first kappa shape index (κ1) is 8.50. The molecule has 1 aliphatic rings. The Balaban J connectivity index is 2.10. The lowest BCUT2D eigenvalue weighted by molar-refractivity contribution is 0.0646. The van der Waals surface area contributed by atoms with Gasteiger partial charge in [0, 0.05) is 25.5 Å². The number of hydrogen-bond acceptors (Lipinski definition) is 4. The van der Waals surface area contributed by atoms with E-state index in [1.54, 1.807) is 12.4 Å². The Morgan fingerprint density at radius 3 is 2.92 bits per heavy atom. The molecule has 0 bridgehead atoms. The number of anilines is 1. The summed E-state index contributed by atoms with van der Waals surface area (Å²) in [4.78, 5) is 17.6. The Morgan fingerprint density at radius 2 is 2.46 bits per heavy atom. The second-order valence-corrected chi connectivity index (χ2v) is 3.79. The number of nitrogens with zero attached hydrogens (tertiary/aromatic N) is 2. The molecule has 2 rings (SSSR count). The van der Waals surface area contributed by atoms with Crippen LogP contribution in [-0.2, 0) is 0 Å². The predicted octanol–water partition coefficient (Wildman–Crippen LogP) is 1.03. The van der Waals surface area contributed by atoms with Crippen molar-refractivity contribution in [1.29, 1.82) is 0 Å². The number of hydrogen-bond donors (Lipinski definition) is 1. The zero-order valence-electron chi connectivity index (χ0n) is 7.41. The highest BCUT2D eigenvalue weighted by atomic mass is 32.1. The molecule has 1 aromatic heterocycles. The third-order valence-corrected chi connectivity index (χ3v) is 2.94. The Bertz CT molecular complexity index is 319. The molecule has 0 radical (unpaired) electrons. The highest BCUT2D eigenvalue weighted by Crippen LogP contribution is 2.18. The molecular formula is C8H11N3OS. The number of aromatic nitrogens is 1. The molecule has 0 spiro atoms. The summed E-state index contributed by atoms with van der Waals surface area (Å²) in [6, 6.07) is 0. The van der Waals surface area contributed by atoms with Gasteiger partial charge in [-0.05, 0) is 6.42 Å². The van der Waals surface area contributed by atoms with E-state index in [1.807, 2.05) is 4.90 Å². The number of carbonyl (C=O) groups excluding carboxylic acids is 1. The van der Waals surface area contributed by atoms with Crippen molar-refractivity contribution in [2.24, 2.45) is 0 Å². The van der Waals surface area contributed by atoms with E-state index in [0.29, 0.717) is 5.69 Å². The van der Waals surface area contributed by atoms with Gasteiger partial charge in [-0.1, -0.05) is 0 Å². The quantitative estimate of drug-likeness (QED) is 0.770. The van der Waals surface area contributed by atoms with Crippen LogP contribution in [0.15, 0.2) is 5.38 Å². The maximum Gasteiger partial charge on any atom is 0.273 e. The summed E-state index contributed by atoms with van der Waals surface area (Å²) in [6.45, 7) is 1.76. The second-order valence-electron chi connectivity index (χ2n) is 2.93. The van der Waals surface area contributed by atoms with E-state index in [0.717, 1.165) is 24.6 Å². The second kappa shape index (κ2) is 3.33. The van der Waals surface area contributed by atoms with Gasteiger partial charge < -0.3 is 10.2 Å². The molecule has 0 aromatic carbocycles. The van der Waals surface area contributed by atoms with E-state index in [-0.39, 0.29) is 5.91 Å². The van der Waals surface area contributed by atoms with E-state index in [1.165, 1.54) is 11.3 Å². The van der Waals surface area contributed by atoms with Crippen LogP contribution in [0.4, 0.5) is 5.13 Å². The maximum absolute atomic E-state index is 11.6. The lowest BCUT2D eigenvalue weighted by atomic mass is 10.2. The van der Waals surface area contributed by atoms with Crippen LogP contribution in [0.5, 0.6) is 0 Å². The standard InChI is InChI=1S/C8H11N3OS/c1-9-8-10-6(5-13-8)7(12)11-3-2-4-11/h5H,2-4H2,1H3,(H,9,10). The molecular weight excluding hydrogens is 186 g/mol. The third-order valence-electron chi connectivity index (χ3n) is 2.08. The minimum atomic E-state index is 0.0593. The molecule has 2 heterocycles. The summed E-state index contributed by atoms with van der Waals surface area (Å²) in [5.74, 6) is 0.0593. The van der Waals surface area contributed by atoms with Crippen molar-refractivity contribution in [2.45, 2.75) is 6.42 Å². The van der Waals surface area contributed by atoms with Crippen LogP contribution in [-0.4, -0.2) is 35.9 Å². The zero-order valence-corrected chi connectivity index (χ0v) is 8.23. The minimum absolute atomic E-state index is 0.0593. The molecule has 1 saturated heterocycles. The fourth-order valence-corrected chi connectivity index (χ4v) is 1.81. The van der Waals surface area contributed by atoms with E-state index >= 15 is 0 Å². The van der Waals surface area contributed by atoms with Gasteiger partial charge in [0.15, 0.2) is 5.13 Å². The largest absolute Gasteiger partial charge is 0.365 e. The van der Waals surface area contributed by atoms with Gasteiger partial charge in [-0.25, -0.2) is 4.98 Å². The summed E-state index contributed by atoms with van der Waals surface area (Å²) < 4.78 is 0. The SMILES string of the molecule is CNc1nc(C(=O)N2CCC2)cs1. The van der Waals surface area contributed by atoms with Crippen LogP contribution in [0.2, 0.25) is 0 Å². The molecule has 0 unspecified atom stereocenters. The Labute approximate surface area is 80.6 Å². The fourth-order valence-electron chi connectivity index (χ4n) is 1.17. The molecule has 5 heteroatoms. The predicted molar refractivity (Wildman–Crippen MR) is 52.2 cm³/mol. The van der Waals surface area contributed by atoms with Crippen molar-refractivity contribution in [1.82, 2.24) is 9.88 Å². The molecule has 70 valence electrons. The number of nitrogens with one attached hydrogen (secondary N) is 1. The molecule has 4 nitrogen and oxygen atoms in total. The molecule has 1 amide bonds. The van der Waals surface area contributed by atoms with Gasteiger partial charge in [0.2, 0.25) is 0 Å². The molecule has 1 aliphatic heterocycles. The van der Waals surface area contributed by atoms with Gasteiger partial charge in [-0.2, -0.15) is 0 Å². The minimum Gasteiger partial charge on any atom is -0.365 e. The van der Waals surface area contributed by atoms with Gasteiger partial charge >= 0.3 is 0 Å². The topological polar surface area (TPSA) is 45.2 Å². The van der Waals surface area contributed by atoms with Crippen LogP contribution in [0.25, 0.3) is 0 Å². The normalized spacial score (nSPS) is 15.3. The summed E-state index contributed by atoms with van der Waals surface area (Å²) in [7, 11) is 1.80. The first-order chi connectivity index (χ1) is 6.31. The highest BCUT2D eigenvalue weighted by Gasteiger charge is 2.23. The van der Waals surface area contributed by atoms with E-state index < -0.39 is 0 Å². The summed E-state index contributed by atoms with van der Waals surface area (Å²) in [6.07, 6.45) is 1.12. The summed E-state index contributed by atoms with van der Waals surface area (Å²) in [5, 5.41) is 5.51. The van der Waals surface area contributed by atoms with Crippen LogP contribution >= 0.6 is 11.3 Å². The number of amides is 1. The Morgan fingerprint density at radius 1 is 1.69 bits per heavy atom. The lowest BCUT2D eigenvalue weighted by Gasteiger charge is -2.29. The molecule has 0 saturated carbocycles. The molecule has 0 aliphatic carbocycles. The van der Waals surface area contributed by atoms with Crippen LogP contribution in [0, 0.1) is 0 Å². The number of thiazole rings is 1. The van der Waals surface area contributed by atoms with Gasteiger partial charge in [0.1, 0.15) is 5.69 Å². The van der Waals surface area contributed by atoms with E-state index in [2.05, 4.69) is 10.3 Å². The van der Waals surface area contributed by atoms with Crippen molar-refractivity contribution in [3.63, 3.8) is 0 Å². The van der Waals surface area contributed by atoms with Crippen molar-refractivity contribution in [3.8, 4) is 0 Å². The van der Waals surface area contributed by atoms with Crippen LogP contribution in [0.1, 0.15) is 16.9 Å². The van der Waals surface area contributed by atoms with Crippen LogP contribution < -0.4 is 5.32 Å². The molecule has 13 heavy (non-hydrogen) atoms. The summed E-state index contributed by atoms with van der Waals surface area (Å²) >= 11 is 1.46. The number of likely N-dealkylation sites (tertiary alicyclic amines) is 1. The van der Waals surface area contributed by atoms with Crippen molar-refractivity contribution >= 4 is 22.4 Å². The van der Waals surface area contributed by atoms with Gasteiger partial charge in [0.25, 0.3) is 5.91 Å². The van der Waals surface area contributed by atoms with Gasteiger partial charge in [0.05, 0.1) is 0 Å². The monoisotopic (exact) mass is 197 g/mol. The van der Waals surface area contributed by atoms with Crippen molar-refractivity contribution < 1.29 is 4.79 Å². The van der Waals surface area contributed by atoms with Gasteiger partial charge in [-0.3, -0.25) is 4.79 Å². The van der Waals surface area contributed by atoms with Gasteiger partial charge in [-0.15, -0.1) is 11.3 Å². The van der Waals surface area contributed by atoms with E-state index in [4.69, 9.17) is 0 Å². The maximum atomic E-state index is 11.6.